The first kappa shape index (κ1) is 13.6. The number of pyridine rings is 1. The molecule has 1 atom stereocenters. The van der Waals surface area contributed by atoms with Crippen molar-refractivity contribution in [3.05, 3.63) is 30.1 Å². The predicted octanol–water partition coefficient (Wildman–Crippen LogP) is 0.902. The summed E-state index contributed by atoms with van der Waals surface area (Å²) in [6.45, 7) is 1.42. The van der Waals surface area contributed by atoms with Crippen LogP contribution in [0.5, 0.6) is 0 Å². The number of carboxylic acids is 1. The Kier molecular flexibility index (Phi) is 4.62. The van der Waals surface area contributed by atoms with Crippen molar-refractivity contribution < 1.29 is 18.3 Å². The molecule has 6 heteroatoms. The molecule has 0 aromatic carbocycles. The molecule has 0 radical (unpaired) electrons. The topological polar surface area (TPSA) is 84.3 Å². The average molecular weight is 257 g/mol. The maximum Gasteiger partial charge on any atom is 0.304 e. The van der Waals surface area contributed by atoms with Crippen LogP contribution in [0, 0.1) is 0 Å². The normalized spacial score (nSPS) is 13.2. The summed E-state index contributed by atoms with van der Waals surface area (Å²) in [7, 11) is -3.37. The van der Waals surface area contributed by atoms with Crippen LogP contribution >= 0.6 is 0 Å². The van der Waals surface area contributed by atoms with Gasteiger partial charge in [-0.25, -0.2) is 8.42 Å². The fourth-order valence-corrected chi connectivity index (χ4v) is 2.66. The molecule has 0 amide bonds. The van der Waals surface area contributed by atoms with Gasteiger partial charge in [0, 0.05) is 18.3 Å². The summed E-state index contributed by atoms with van der Waals surface area (Å²) >= 11 is 0. The van der Waals surface area contributed by atoms with Gasteiger partial charge in [-0.05, 0) is 19.1 Å². The van der Waals surface area contributed by atoms with Gasteiger partial charge in [0.1, 0.15) is 0 Å². The highest BCUT2D eigenvalue weighted by molar-refractivity contribution is 7.92. The second-order valence-electron chi connectivity index (χ2n) is 3.85. The van der Waals surface area contributed by atoms with Crippen LogP contribution in [-0.2, 0) is 21.1 Å². The van der Waals surface area contributed by atoms with Crippen molar-refractivity contribution in [3.8, 4) is 0 Å². The third-order valence-corrected chi connectivity index (χ3v) is 4.61. The van der Waals surface area contributed by atoms with Crippen LogP contribution in [0.25, 0.3) is 0 Å². The van der Waals surface area contributed by atoms with E-state index < -0.39 is 21.1 Å². The zero-order chi connectivity index (χ0) is 12.9. The minimum absolute atomic E-state index is 0.0710. The molecule has 17 heavy (non-hydrogen) atoms. The fourth-order valence-electron chi connectivity index (χ4n) is 1.37. The van der Waals surface area contributed by atoms with E-state index in [-0.39, 0.29) is 12.2 Å². The van der Waals surface area contributed by atoms with Gasteiger partial charge in [0.25, 0.3) is 0 Å². The summed E-state index contributed by atoms with van der Waals surface area (Å²) in [6, 6.07) is 5.29. The van der Waals surface area contributed by atoms with Crippen molar-refractivity contribution in [2.45, 2.75) is 25.0 Å². The van der Waals surface area contributed by atoms with E-state index in [1.807, 2.05) is 0 Å². The van der Waals surface area contributed by atoms with Crippen molar-refractivity contribution in [2.75, 3.05) is 5.75 Å². The van der Waals surface area contributed by atoms with Crippen molar-refractivity contribution >= 4 is 15.8 Å². The molecule has 1 rings (SSSR count). The van der Waals surface area contributed by atoms with Crippen LogP contribution in [-0.4, -0.2) is 35.5 Å². The highest BCUT2D eigenvalue weighted by atomic mass is 32.2. The quantitative estimate of drug-likeness (QED) is 0.818. The van der Waals surface area contributed by atoms with Gasteiger partial charge in [-0.2, -0.15) is 0 Å². The smallest absolute Gasteiger partial charge is 0.304 e. The van der Waals surface area contributed by atoms with E-state index in [1.54, 1.807) is 24.4 Å². The number of hydrogen-bond acceptors (Lipinski definition) is 4. The highest BCUT2D eigenvalue weighted by Gasteiger charge is 2.23. The number of hydrogen-bond donors (Lipinski definition) is 1. The molecule has 0 fully saturated rings. The molecule has 0 spiro atoms. The van der Waals surface area contributed by atoms with Crippen LogP contribution in [0.3, 0.4) is 0 Å². The minimum Gasteiger partial charge on any atom is -0.481 e. The van der Waals surface area contributed by atoms with E-state index in [4.69, 9.17) is 5.11 Å². The molecule has 1 heterocycles. The van der Waals surface area contributed by atoms with Gasteiger partial charge in [0.05, 0.1) is 17.4 Å². The summed E-state index contributed by atoms with van der Waals surface area (Å²) < 4.78 is 23.5. The number of rotatable bonds is 6. The first-order valence-electron chi connectivity index (χ1n) is 5.25. The third-order valence-electron chi connectivity index (χ3n) is 2.44. The van der Waals surface area contributed by atoms with Gasteiger partial charge in [0.15, 0.2) is 9.84 Å². The number of aliphatic carboxylic acids is 1. The predicted molar refractivity (Wildman–Crippen MR) is 63.4 cm³/mol. The first-order valence-corrected chi connectivity index (χ1v) is 6.96. The van der Waals surface area contributed by atoms with Gasteiger partial charge < -0.3 is 5.11 Å². The standard InChI is InChI=1S/C11H15NO4S/c1-9(8-11(13)14)17(15,16)7-5-10-4-2-3-6-12-10/h2-4,6,9H,5,7-8H2,1H3,(H,13,14). The molecule has 1 N–H and O–H groups in total. The van der Waals surface area contributed by atoms with Gasteiger partial charge in [-0.15, -0.1) is 0 Å². The van der Waals surface area contributed by atoms with E-state index in [0.29, 0.717) is 12.1 Å². The van der Waals surface area contributed by atoms with E-state index in [2.05, 4.69) is 4.98 Å². The Morgan fingerprint density at radius 2 is 2.18 bits per heavy atom. The van der Waals surface area contributed by atoms with Crippen LogP contribution in [0.2, 0.25) is 0 Å². The second-order valence-corrected chi connectivity index (χ2v) is 6.39. The monoisotopic (exact) mass is 257 g/mol. The number of aryl methyl sites for hydroxylation is 1. The third kappa shape index (κ3) is 4.52. The summed E-state index contributed by atoms with van der Waals surface area (Å²) in [4.78, 5) is 14.5. The maximum atomic E-state index is 11.7. The van der Waals surface area contributed by atoms with Crippen LogP contribution in [0.1, 0.15) is 19.0 Å². The Bertz CT molecular complexity index is 470. The lowest BCUT2D eigenvalue weighted by Gasteiger charge is -2.10. The first-order chi connectivity index (χ1) is 7.92. The second kappa shape index (κ2) is 5.77. The number of sulfone groups is 1. The molecule has 0 aliphatic carbocycles. The molecule has 1 aromatic rings. The molecule has 0 aliphatic heterocycles. The Morgan fingerprint density at radius 3 is 2.71 bits per heavy atom. The lowest BCUT2D eigenvalue weighted by Crippen LogP contribution is -2.25. The van der Waals surface area contributed by atoms with E-state index >= 15 is 0 Å². The van der Waals surface area contributed by atoms with Crippen molar-refractivity contribution in [1.29, 1.82) is 0 Å². The summed E-state index contributed by atoms with van der Waals surface area (Å²) in [6.07, 6.45) is 1.56. The minimum atomic E-state index is -3.37. The van der Waals surface area contributed by atoms with Crippen molar-refractivity contribution in [3.63, 3.8) is 0 Å². The SMILES string of the molecule is CC(CC(=O)O)S(=O)(=O)CCc1ccccn1. The number of nitrogens with zero attached hydrogens (tertiary/aromatic N) is 1. The lowest BCUT2D eigenvalue weighted by atomic mass is 10.3. The zero-order valence-electron chi connectivity index (χ0n) is 9.54. The van der Waals surface area contributed by atoms with Gasteiger partial charge >= 0.3 is 5.97 Å². The Balaban J connectivity index is 2.59. The van der Waals surface area contributed by atoms with Crippen LogP contribution in [0.4, 0.5) is 0 Å². The van der Waals surface area contributed by atoms with Gasteiger partial charge in [0.2, 0.25) is 0 Å². The van der Waals surface area contributed by atoms with Crippen LogP contribution in [0.15, 0.2) is 24.4 Å². The molecule has 94 valence electrons. The lowest BCUT2D eigenvalue weighted by molar-refractivity contribution is -0.136. The molecular formula is C11H15NO4S. The van der Waals surface area contributed by atoms with Gasteiger partial charge in [-0.3, -0.25) is 9.78 Å². The molecule has 5 nitrogen and oxygen atoms in total. The number of aromatic nitrogens is 1. The summed E-state index contributed by atoms with van der Waals surface area (Å²) in [5.74, 6) is -1.17. The van der Waals surface area contributed by atoms with Crippen LogP contribution < -0.4 is 0 Å². The molecule has 0 saturated heterocycles. The van der Waals surface area contributed by atoms with E-state index in [0.717, 1.165) is 0 Å². The number of carboxylic acid groups (broad SMARTS) is 1. The van der Waals surface area contributed by atoms with Crippen molar-refractivity contribution in [2.24, 2.45) is 0 Å². The fraction of sp³-hybridized carbons (Fsp3) is 0.455. The molecule has 0 aliphatic rings. The van der Waals surface area contributed by atoms with Crippen molar-refractivity contribution in [1.82, 2.24) is 4.98 Å². The Labute approximate surface area is 100 Å². The number of carbonyl (C=O) groups is 1. The molecule has 0 saturated carbocycles. The Morgan fingerprint density at radius 1 is 1.47 bits per heavy atom. The summed E-state index contributed by atoms with van der Waals surface area (Å²) in [5.41, 5.74) is 0.693. The van der Waals surface area contributed by atoms with Gasteiger partial charge in [-0.1, -0.05) is 6.07 Å². The molecule has 0 bridgehead atoms. The molecular weight excluding hydrogens is 242 g/mol. The summed E-state index contributed by atoms with van der Waals surface area (Å²) in [5, 5.41) is 7.70. The largest absolute Gasteiger partial charge is 0.481 e. The van der Waals surface area contributed by atoms with E-state index in [1.165, 1.54) is 6.92 Å². The molecule has 1 unspecified atom stereocenters. The highest BCUT2D eigenvalue weighted by Crippen LogP contribution is 2.09. The molecule has 1 aromatic heterocycles. The Hall–Kier alpha value is -1.43. The van der Waals surface area contributed by atoms with E-state index in [9.17, 15) is 13.2 Å². The maximum absolute atomic E-state index is 11.7. The zero-order valence-corrected chi connectivity index (χ0v) is 10.4. The average Bonchev–Trinajstić information content (AvgIpc) is 2.27.